The Morgan fingerprint density at radius 2 is 2.04 bits per heavy atom. The van der Waals surface area contributed by atoms with E-state index in [4.69, 9.17) is 4.42 Å². The van der Waals surface area contributed by atoms with Crippen molar-refractivity contribution in [3.05, 3.63) is 69.4 Å². The Morgan fingerprint density at radius 3 is 2.75 bits per heavy atom. The number of benzene rings is 1. The van der Waals surface area contributed by atoms with Crippen LogP contribution in [0.4, 0.5) is 8.78 Å². The molecule has 7 heteroatoms. The number of para-hydroxylation sites is 1. The van der Waals surface area contributed by atoms with E-state index in [1.165, 1.54) is 0 Å². The summed E-state index contributed by atoms with van der Waals surface area (Å²) in [4.78, 5) is 27.8. The second-order valence-corrected chi connectivity index (χ2v) is 7.35. The van der Waals surface area contributed by atoms with Crippen molar-refractivity contribution in [2.24, 2.45) is 0 Å². The molecule has 0 radical (unpaired) electrons. The first kappa shape index (κ1) is 18.4. The van der Waals surface area contributed by atoms with E-state index in [1.807, 2.05) is 30.5 Å². The number of carbonyl (C=O) groups is 1. The summed E-state index contributed by atoms with van der Waals surface area (Å²) in [7, 11) is 0. The normalized spacial score (nSPS) is 16.1. The molecule has 2 aromatic heterocycles. The van der Waals surface area contributed by atoms with Gasteiger partial charge < -0.3 is 14.7 Å². The molecule has 0 saturated heterocycles. The lowest BCUT2D eigenvalue weighted by molar-refractivity contribution is -0.0901. The zero-order valence-electron chi connectivity index (χ0n) is 15.4. The highest BCUT2D eigenvalue weighted by Gasteiger charge is 2.46. The summed E-state index contributed by atoms with van der Waals surface area (Å²) >= 11 is 0. The Labute approximate surface area is 159 Å². The number of alkyl halides is 2. The zero-order valence-corrected chi connectivity index (χ0v) is 15.4. The van der Waals surface area contributed by atoms with Crippen LogP contribution in [0.25, 0.3) is 10.9 Å². The van der Waals surface area contributed by atoms with Gasteiger partial charge in [-0.3, -0.25) is 4.79 Å². The number of rotatable bonds is 5. The number of amides is 1. The van der Waals surface area contributed by atoms with Gasteiger partial charge in [0.1, 0.15) is 11.3 Å². The molecular formula is C21H20F2N2O3. The highest BCUT2D eigenvalue weighted by Crippen LogP contribution is 2.37. The highest BCUT2D eigenvalue weighted by atomic mass is 19.3. The fourth-order valence-electron chi connectivity index (χ4n) is 3.69. The van der Waals surface area contributed by atoms with Gasteiger partial charge in [0, 0.05) is 42.4 Å². The maximum Gasteiger partial charge on any atom is 0.349 e. The summed E-state index contributed by atoms with van der Waals surface area (Å²) in [6, 6.07) is 9.01. The number of hydrogen-bond acceptors (Lipinski definition) is 3. The highest BCUT2D eigenvalue weighted by molar-refractivity contribution is 5.95. The summed E-state index contributed by atoms with van der Waals surface area (Å²) in [5.74, 6) is -2.90. The minimum absolute atomic E-state index is 0.119. The van der Waals surface area contributed by atoms with Gasteiger partial charge in [0.25, 0.3) is 11.8 Å². The molecule has 4 rings (SSSR count). The van der Waals surface area contributed by atoms with Gasteiger partial charge in [-0.25, -0.2) is 13.6 Å². The van der Waals surface area contributed by atoms with E-state index >= 15 is 0 Å². The first-order chi connectivity index (χ1) is 13.3. The molecule has 2 N–H and O–H groups in total. The molecular weight excluding hydrogens is 366 g/mol. The van der Waals surface area contributed by atoms with E-state index in [1.54, 1.807) is 13.0 Å². The standard InChI is InChI=1S/C21H20F2N2O3/c1-12-8-15(7-6-13-11-24-17-5-3-2-4-16(13)17)28-20(27)18(12)19(26)25-14-9-21(22,23)10-14/h2-5,8,11,14,24H,6-7,9-10H2,1H3,(H,25,26). The molecule has 1 saturated carbocycles. The maximum absolute atomic E-state index is 12.9. The Morgan fingerprint density at radius 1 is 1.29 bits per heavy atom. The van der Waals surface area contributed by atoms with E-state index in [9.17, 15) is 18.4 Å². The van der Waals surface area contributed by atoms with Crippen molar-refractivity contribution in [3.63, 3.8) is 0 Å². The summed E-state index contributed by atoms with van der Waals surface area (Å²) in [5, 5.41) is 3.60. The number of aromatic amines is 1. The van der Waals surface area contributed by atoms with Gasteiger partial charge in [0.15, 0.2) is 0 Å². The van der Waals surface area contributed by atoms with Gasteiger partial charge in [0.2, 0.25) is 0 Å². The Bertz CT molecular complexity index is 1090. The van der Waals surface area contributed by atoms with Gasteiger partial charge in [-0.05, 0) is 36.6 Å². The summed E-state index contributed by atoms with van der Waals surface area (Å²) < 4.78 is 31.2. The molecule has 28 heavy (non-hydrogen) atoms. The number of nitrogens with one attached hydrogen (secondary N) is 2. The van der Waals surface area contributed by atoms with Crippen LogP contribution in [0.1, 0.15) is 40.1 Å². The van der Waals surface area contributed by atoms with Crippen LogP contribution in [0.15, 0.2) is 45.7 Å². The van der Waals surface area contributed by atoms with Crippen molar-refractivity contribution >= 4 is 16.8 Å². The van der Waals surface area contributed by atoms with Gasteiger partial charge in [-0.2, -0.15) is 0 Å². The number of halogens is 2. The molecule has 0 atom stereocenters. The second kappa shape index (κ2) is 6.89. The third kappa shape index (κ3) is 3.56. The quantitative estimate of drug-likeness (QED) is 0.701. The smallest absolute Gasteiger partial charge is 0.349 e. The van der Waals surface area contributed by atoms with Gasteiger partial charge in [0.05, 0.1) is 0 Å². The van der Waals surface area contributed by atoms with Crippen molar-refractivity contribution in [2.45, 2.75) is 44.6 Å². The van der Waals surface area contributed by atoms with Crippen LogP contribution in [0, 0.1) is 6.92 Å². The van der Waals surface area contributed by atoms with E-state index in [0.29, 0.717) is 24.2 Å². The Balaban J connectivity index is 1.46. The molecule has 0 bridgehead atoms. The summed E-state index contributed by atoms with van der Waals surface area (Å²) in [5.41, 5.74) is 1.78. The van der Waals surface area contributed by atoms with Crippen LogP contribution >= 0.6 is 0 Å². The van der Waals surface area contributed by atoms with E-state index < -0.39 is 36.3 Å². The predicted molar refractivity (Wildman–Crippen MR) is 101 cm³/mol. The predicted octanol–water partition coefficient (Wildman–Crippen LogP) is 3.74. The number of carbonyl (C=O) groups excluding carboxylic acids is 1. The molecule has 1 aromatic carbocycles. The van der Waals surface area contributed by atoms with Crippen LogP contribution in [0.3, 0.4) is 0 Å². The second-order valence-electron chi connectivity index (χ2n) is 7.35. The SMILES string of the molecule is Cc1cc(CCc2c[nH]c3ccccc23)oc(=O)c1C(=O)NC1CC(F)(F)C1. The molecule has 146 valence electrons. The lowest BCUT2D eigenvalue weighted by Gasteiger charge is -2.35. The van der Waals surface area contributed by atoms with Crippen molar-refractivity contribution in [1.82, 2.24) is 10.3 Å². The number of aromatic nitrogens is 1. The van der Waals surface area contributed by atoms with Crippen molar-refractivity contribution in [2.75, 3.05) is 0 Å². The first-order valence-electron chi connectivity index (χ1n) is 9.20. The largest absolute Gasteiger partial charge is 0.427 e. The summed E-state index contributed by atoms with van der Waals surface area (Å²) in [6.07, 6.45) is 2.33. The van der Waals surface area contributed by atoms with E-state index in [-0.39, 0.29) is 5.56 Å². The van der Waals surface area contributed by atoms with Crippen LogP contribution in [-0.4, -0.2) is 22.9 Å². The average Bonchev–Trinajstić information content (AvgIpc) is 3.01. The lowest BCUT2D eigenvalue weighted by Crippen LogP contribution is -2.51. The molecule has 2 heterocycles. The third-order valence-corrected chi connectivity index (χ3v) is 5.17. The molecule has 0 spiro atoms. The maximum atomic E-state index is 12.9. The first-order valence-corrected chi connectivity index (χ1v) is 9.20. The van der Waals surface area contributed by atoms with Crippen LogP contribution in [-0.2, 0) is 12.8 Å². The summed E-state index contributed by atoms with van der Waals surface area (Å²) in [6.45, 7) is 1.65. The van der Waals surface area contributed by atoms with E-state index in [0.717, 1.165) is 16.5 Å². The van der Waals surface area contributed by atoms with Gasteiger partial charge >= 0.3 is 5.63 Å². The lowest BCUT2D eigenvalue weighted by atomic mass is 9.88. The Hall–Kier alpha value is -2.96. The van der Waals surface area contributed by atoms with Gasteiger partial charge in [-0.1, -0.05) is 18.2 Å². The molecule has 0 unspecified atom stereocenters. The van der Waals surface area contributed by atoms with Crippen LogP contribution in [0.2, 0.25) is 0 Å². The van der Waals surface area contributed by atoms with Crippen LogP contribution < -0.4 is 10.9 Å². The average molecular weight is 386 g/mol. The molecule has 1 aliphatic rings. The number of H-pyrrole nitrogens is 1. The van der Waals surface area contributed by atoms with Crippen LogP contribution in [0.5, 0.6) is 0 Å². The minimum Gasteiger partial charge on any atom is -0.427 e. The van der Waals surface area contributed by atoms with Crippen molar-refractivity contribution in [3.8, 4) is 0 Å². The number of hydrogen-bond donors (Lipinski definition) is 2. The number of fused-ring (bicyclic) bond motifs is 1. The van der Waals surface area contributed by atoms with Crippen molar-refractivity contribution in [1.29, 1.82) is 0 Å². The monoisotopic (exact) mass is 386 g/mol. The zero-order chi connectivity index (χ0) is 19.9. The fourth-order valence-corrected chi connectivity index (χ4v) is 3.69. The van der Waals surface area contributed by atoms with Crippen molar-refractivity contribution < 1.29 is 18.0 Å². The Kier molecular flexibility index (Phi) is 4.53. The molecule has 3 aromatic rings. The molecule has 1 amide bonds. The fraction of sp³-hybridized carbons (Fsp3) is 0.333. The molecule has 5 nitrogen and oxygen atoms in total. The molecule has 1 fully saturated rings. The minimum atomic E-state index is -2.73. The third-order valence-electron chi connectivity index (χ3n) is 5.17. The molecule has 0 aliphatic heterocycles. The topological polar surface area (TPSA) is 75.1 Å². The number of aryl methyl sites for hydroxylation is 3. The van der Waals surface area contributed by atoms with Gasteiger partial charge in [-0.15, -0.1) is 0 Å². The van der Waals surface area contributed by atoms with E-state index in [2.05, 4.69) is 10.3 Å². The molecule has 1 aliphatic carbocycles.